The molecular weight excluding hydrogens is 76.1 g/mol. The molecule has 0 aromatic carbocycles. The molecule has 2 radical (unpaired) electrons. The first-order valence-corrected chi connectivity index (χ1v) is 1.78. The van der Waals surface area contributed by atoms with Crippen molar-refractivity contribution in [2.24, 2.45) is 10.2 Å². The molecule has 1 aliphatic heterocycles. The maximum atomic E-state index is 3.51. The van der Waals surface area contributed by atoms with Crippen LogP contribution in [0, 0.1) is 6.54 Å². The zero-order valence-corrected chi connectivity index (χ0v) is 3.26. The maximum absolute atomic E-state index is 3.51. The molecule has 0 bridgehead atoms. The van der Waals surface area contributed by atoms with Gasteiger partial charge in [-0.05, 0) is 6.42 Å². The van der Waals surface area contributed by atoms with Crippen LogP contribution < -0.4 is 0 Å². The first-order valence-electron chi connectivity index (χ1n) is 1.78. The molecule has 0 saturated heterocycles. The van der Waals surface area contributed by atoms with E-state index in [-0.39, 0.29) is 0 Å². The smallest absolute Gasteiger partial charge is 0.145 e. The SMILES string of the molecule is [C]1CC=CN=N1. The van der Waals surface area contributed by atoms with Gasteiger partial charge < -0.3 is 0 Å². The average Bonchev–Trinajstić information content (AvgIpc) is 1.72. The molecule has 6 heavy (non-hydrogen) atoms. The lowest BCUT2D eigenvalue weighted by Gasteiger charge is -1.85. The minimum Gasteiger partial charge on any atom is -0.177 e. The third kappa shape index (κ3) is 0.641. The van der Waals surface area contributed by atoms with E-state index in [1.54, 1.807) is 6.20 Å². The van der Waals surface area contributed by atoms with E-state index in [1.807, 2.05) is 6.08 Å². The van der Waals surface area contributed by atoms with Gasteiger partial charge in [0.2, 0.25) is 0 Å². The Morgan fingerprint density at radius 3 is 2.83 bits per heavy atom. The van der Waals surface area contributed by atoms with E-state index in [4.69, 9.17) is 0 Å². The van der Waals surface area contributed by atoms with Crippen molar-refractivity contribution in [1.29, 1.82) is 0 Å². The molecule has 0 aliphatic carbocycles. The highest BCUT2D eigenvalue weighted by atomic mass is 15.1. The molecule has 0 N–H and O–H groups in total. The molecule has 1 heterocycles. The maximum Gasteiger partial charge on any atom is 0.145 e. The lowest BCUT2D eigenvalue weighted by molar-refractivity contribution is 1.01. The van der Waals surface area contributed by atoms with Crippen molar-refractivity contribution in [1.82, 2.24) is 0 Å². The predicted octanol–water partition coefficient (Wildman–Crippen LogP) is 1.39. The Kier molecular flexibility index (Phi) is 0.998. The molecule has 30 valence electrons. The van der Waals surface area contributed by atoms with Gasteiger partial charge in [0.1, 0.15) is 6.54 Å². The quantitative estimate of drug-likeness (QED) is 0.420. The van der Waals surface area contributed by atoms with Gasteiger partial charge >= 0.3 is 0 Å². The van der Waals surface area contributed by atoms with Gasteiger partial charge in [-0.2, -0.15) is 10.2 Å². The van der Waals surface area contributed by atoms with E-state index in [0.29, 0.717) is 0 Å². The molecule has 0 fully saturated rings. The summed E-state index contributed by atoms with van der Waals surface area (Å²) in [5.74, 6) is 0. The van der Waals surface area contributed by atoms with Crippen LogP contribution >= 0.6 is 0 Å². The van der Waals surface area contributed by atoms with E-state index < -0.39 is 0 Å². The summed E-state index contributed by atoms with van der Waals surface area (Å²) in [6, 6.07) is 0. The van der Waals surface area contributed by atoms with Gasteiger partial charge in [0.25, 0.3) is 0 Å². The Morgan fingerprint density at radius 1 is 1.67 bits per heavy atom. The average molecular weight is 80.1 g/mol. The van der Waals surface area contributed by atoms with Crippen molar-refractivity contribution in [3.05, 3.63) is 18.8 Å². The van der Waals surface area contributed by atoms with Gasteiger partial charge in [-0.3, -0.25) is 0 Å². The molecule has 0 atom stereocenters. The first kappa shape index (κ1) is 3.53. The summed E-state index contributed by atoms with van der Waals surface area (Å²) in [5.41, 5.74) is 0. The highest BCUT2D eigenvalue weighted by Gasteiger charge is 1.82. The van der Waals surface area contributed by atoms with Crippen LogP contribution in [0.1, 0.15) is 6.42 Å². The van der Waals surface area contributed by atoms with Crippen molar-refractivity contribution in [2.75, 3.05) is 0 Å². The van der Waals surface area contributed by atoms with E-state index in [2.05, 4.69) is 16.8 Å². The van der Waals surface area contributed by atoms with Crippen molar-refractivity contribution >= 4 is 0 Å². The van der Waals surface area contributed by atoms with E-state index in [9.17, 15) is 0 Å². The van der Waals surface area contributed by atoms with E-state index >= 15 is 0 Å². The number of azo groups is 1. The second-order valence-corrected chi connectivity index (χ2v) is 0.962. The van der Waals surface area contributed by atoms with Gasteiger partial charge in [-0.25, -0.2) is 0 Å². The predicted molar refractivity (Wildman–Crippen MR) is 21.9 cm³/mol. The molecule has 1 aliphatic rings. The number of rotatable bonds is 0. The van der Waals surface area contributed by atoms with E-state index in [0.717, 1.165) is 6.42 Å². The van der Waals surface area contributed by atoms with Crippen LogP contribution in [0.3, 0.4) is 0 Å². The van der Waals surface area contributed by atoms with Gasteiger partial charge in [-0.15, -0.1) is 0 Å². The fraction of sp³-hybridized carbons (Fsp3) is 0.250. The molecule has 1 rings (SSSR count). The molecule has 0 aromatic rings. The van der Waals surface area contributed by atoms with Crippen molar-refractivity contribution in [3.63, 3.8) is 0 Å². The molecule has 0 spiro atoms. The number of nitrogens with zero attached hydrogens (tertiary/aromatic N) is 2. The third-order valence-electron chi connectivity index (χ3n) is 0.510. The van der Waals surface area contributed by atoms with Crippen LogP contribution in [0.25, 0.3) is 0 Å². The summed E-state index contributed by atoms with van der Waals surface area (Å²) >= 11 is 0. The number of hydrogen-bond donors (Lipinski definition) is 0. The summed E-state index contributed by atoms with van der Waals surface area (Å²) in [7, 11) is 0. The lowest BCUT2D eigenvalue weighted by Crippen LogP contribution is -1.68. The zero-order valence-electron chi connectivity index (χ0n) is 3.26. The Bertz CT molecular complexity index is 71.5. The minimum absolute atomic E-state index is 0.809. The van der Waals surface area contributed by atoms with Gasteiger partial charge in [0, 0.05) is 6.20 Å². The van der Waals surface area contributed by atoms with Crippen molar-refractivity contribution < 1.29 is 0 Å². The van der Waals surface area contributed by atoms with Crippen LogP contribution in [0.5, 0.6) is 0 Å². The third-order valence-corrected chi connectivity index (χ3v) is 0.510. The number of hydrogen-bond acceptors (Lipinski definition) is 2. The fourth-order valence-corrected chi connectivity index (χ4v) is 0.268. The van der Waals surface area contributed by atoms with Gasteiger partial charge in [-0.1, -0.05) is 6.08 Å². The van der Waals surface area contributed by atoms with Crippen molar-refractivity contribution in [3.8, 4) is 0 Å². The Morgan fingerprint density at radius 2 is 2.67 bits per heavy atom. The fourth-order valence-electron chi connectivity index (χ4n) is 0.268. The van der Waals surface area contributed by atoms with Crippen molar-refractivity contribution in [2.45, 2.75) is 6.42 Å². The topological polar surface area (TPSA) is 24.7 Å². The van der Waals surface area contributed by atoms with Crippen LogP contribution in [0.4, 0.5) is 0 Å². The zero-order chi connectivity index (χ0) is 4.24. The highest BCUT2D eigenvalue weighted by Crippen LogP contribution is 1.97. The standard InChI is InChI=1S/C4H4N2/c1-2-4-6-5-3-1/h1,3H,2H2. The summed E-state index contributed by atoms with van der Waals surface area (Å²) in [5, 5.41) is 6.98. The van der Waals surface area contributed by atoms with Crippen LogP contribution in [-0.4, -0.2) is 0 Å². The monoisotopic (exact) mass is 80.0 g/mol. The largest absolute Gasteiger partial charge is 0.177 e. The molecular formula is C4H4N2. The molecule has 0 saturated carbocycles. The van der Waals surface area contributed by atoms with Crippen LogP contribution in [0.2, 0.25) is 0 Å². The first-order chi connectivity index (χ1) is 3.00. The summed E-state index contributed by atoms with van der Waals surface area (Å²) in [4.78, 5) is 0. The molecule has 2 heteroatoms. The summed E-state index contributed by atoms with van der Waals surface area (Å²) in [6.07, 6.45) is 4.37. The Labute approximate surface area is 36.6 Å². The van der Waals surface area contributed by atoms with Crippen LogP contribution in [-0.2, 0) is 0 Å². The Hall–Kier alpha value is -0.660. The minimum atomic E-state index is 0.809. The van der Waals surface area contributed by atoms with E-state index in [1.165, 1.54) is 0 Å². The van der Waals surface area contributed by atoms with Gasteiger partial charge in [0.15, 0.2) is 0 Å². The molecule has 0 amide bonds. The lowest BCUT2D eigenvalue weighted by atomic mass is 10.4. The molecule has 0 unspecified atom stereocenters. The summed E-state index contributed by atoms with van der Waals surface area (Å²) < 4.78 is 0. The highest BCUT2D eigenvalue weighted by molar-refractivity contribution is 4.87. The molecule has 2 nitrogen and oxygen atoms in total. The molecule has 0 aromatic heterocycles. The normalized spacial score (nSPS) is 18.7. The summed E-state index contributed by atoms with van der Waals surface area (Å²) in [6.45, 7) is 2.66. The second kappa shape index (κ2) is 1.70. The second-order valence-electron chi connectivity index (χ2n) is 0.962. The van der Waals surface area contributed by atoms with Crippen LogP contribution in [0.15, 0.2) is 22.5 Å². The Balaban J connectivity index is 2.46. The van der Waals surface area contributed by atoms with Gasteiger partial charge in [0.05, 0.1) is 0 Å².